The second-order valence-corrected chi connectivity index (χ2v) is 6.84. The standard InChI is InChI=1S/C13H25N/c1-13(2,3)7-10-5-11-8-14(4)9-12(11)6-10/h10-12H,5-9H2,1-4H3. The Hall–Kier alpha value is -0.0400. The van der Waals surface area contributed by atoms with Crippen LogP contribution in [0.25, 0.3) is 0 Å². The van der Waals surface area contributed by atoms with Crippen molar-refractivity contribution in [1.82, 2.24) is 4.90 Å². The summed E-state index contributed by atoms with van der Waals surface area (Å²) in [7, 11) is 2.27. The summed E-state index contributed by atoms with van der Waals surface area (Å²) in [5.74, 6) is 3.10. The van der Waals surface area contributed by atoms with Crippen molar-refractivity contribution in [2.24, 2.45) is 23.2 Å². The lowest BCUT2D eigenvalue weighted by Crippen LogP contribution is -2.18. The van der Waals surface area contributed by atoms with Gasteiger partial charge in [0.05, 0.1) is 0 Å². The van der Waals surface area contributed by atoms with Crippen molar-refractivity contribution in [1.29, 1.82) is 0 Å². The zero-order chi connectivity index (χ0) is 10.3. The summed E-state index contributed by atoms with van der Waals surface area (Å²) in [6.07, 6.45) is 4.45. The van der Waals surface area contributed by atoms with Gasteiger partial charge in [0.25, 0.3) is 0 Å². The van der Waals surface area contributed by atoms with Gasteiger partial charge in [-0.25, -0.2) is 0 Å². The number of hydrogen-bond acceptors (Lipinski definition) is 1. The number of nitrogens with zero attached hydrogens (tertiary/aromatic N) is 1. The molecule has 14 heavy (non-hydrogen) atoms. The van der Waals surface area contributed by atoms with Crippen LogP contribution in [-0.4, -0.2) is 25.0 Å². The second-order valence-electron chi connectivity index (χ2n) is 6.84. The Morgan fingerprint density at radius 3 is 2.00 bits per heavy atom. The third kappa shape index (κ3) is 2.31. The zero-order valence-corrected chi connectivity index (χ0v) is 10.2. The van der Waals surface area contributed by atoms with E-state index in [1.807, 2.05) is 0 Å². The van der Waals surface area contributed by atoms with Gasteiger partial charge in [0, 0.05) is 13.1 Å². The number of hydrogen-bond donors (Lipinski definition) is 0. The fourth-order valence-electron chi connectivity index (χ4n) is 3.69. The highest BCUT2D eigenvalue weighted by molar-refractivity contribution is 4.92. The van der Waals surface area contributed by atoms with E-state index < -0.39 is 0 Å². The topological polar surface area (TPSA) is 3.24 Å². The first-order valence-electron chi connectivity index (χ1n) is 6.12. The van der Waals surface area contributed by atoms with Crippen LogP contribution >= 0.6 is 0 Å². The van der Waals surface area contributed by atoms with Crippen molar-refractivity contribution in [2.45, 2.75) is 40.0 Å². The van der Waals surface area contributed by atoms with Crippen molar-refractivity contribution < 1.29 is 0 Å². The molecule has 0 amide bonds. The predicted molar refractivity (Wildman–Crippen MR) is 61.3 cm³/mol. The van der Waals surface area contributed by atoms with Crippen molar-refractivity contribution in [2.75, 3.05) is 20.1 Å². The quantitative estimate of drug-likeness (QED) is 0.621. The summed E-state index contributed by atoms with van der Waals surface area (Å²) in [6, 6.07) is 0. The van der Waals surface area contributed by atoms with E-state index in [0.717, 1.165) is 17.8 Å². The van der Waals surface area contributed by atoms with Crippen molar-refractivity contribution in [3.63, 3.8) is 0 Å². The maximum absolute atomic E-state index is 2.52. The van der Waals surface area contributed by atoms with E-state index in [0.29, 0.717) is 5.41 Å². The smallest absolute Gasteiger partial charge is 0.000996 e. The Balaban J connectivity index is 1.86. The molecular formula is C13H25N. The molecule has 1 heterocycles. The van der Waals surface area contributed by atoms with E-state index in [4.69, 9.17) is 0 Å². The van der Waals surface area contributed by atoms with Gasteiger partial charge < -0.3 is 4.90 Å². The lowest BCUT2D eigenvalue weighted by Gasteiger charge is -2.24. The Labute approximate surface area is 88.9 Å². The molecule has 2 fully saturated rings. The van der Waals surface area contributed by atoms with Gasteiger partial charge >= 0.3 is 0 Å². The molecule has 1 saturated heterocycles. The number of fused-ring (bicyclic) bond motifs is 1. The highest BCUT2D eigenvalue weighted by Gasteiger charge is 2.40. The molecule has 2 aliphatic rings. The number of rotatable bonds is 1. The minimum Gasteiger partial charge on any atom is -0.306 e. The third-order valence-electron chi connectivity index (χ3n) is 3.93. The van der Waals surface area contributed by atoms with Crippen LogP contribution in [0.4, 0.5) is 0 Å². The van der Waals surface area contributed by atoms with Gasteiger partial charge in [-0.2, -0.15) is 0 Å². The highest BCUT2D eigenvalue weighted by atomic mass is 15.1. The Morgan fingerprint density at radius 1 is 1.07 bits per heavy atom. The van der Waals surface area contributed by atoms with Crippen LogP contribution in [0.5, 0.6) is 0 Å². The molecular weight excluding hydrogens is 170 g/mol. The molecule has 0 N–H and O–H groups in total. The van der Waals surface area contributed by atoms with Crippen molar-refractivity contribution in [3.05, 3.63) is 0 Å². The zero-order valence-electron chi connectivity index (χ0n) is 10.2. The first-order valence-corrected chi connectivity index (χ1v) is 6.12. The van der Waals surface area contributed by atoms with Crippen LogP contribution in [0.2, 0.25) is 0 Å². The molecule has 1 heteroatoms. The minimum absolute atomic E-state index is 0.537. The Kier molecular flexibility index (Phi) is 2.63. The van der Waals surface area contributed by atoms with E-state index in [1.54, 1.807) is 0 Å². The molecule has 0 radical (unpaired) electrons. The lowest BCUT2D eigenvalue weighted by atomic mass is 9.83. The molecule has 1 nitrogen and oxygen atoms in total. The fourth-order valence-corrected chi connectivity index (χ4v) is 3.69. The fraction of sp³-hybridized carbons (Fsp3) is 1.00. The second kappa shape index (κ2) is 3.52. The minimum atomic E-state index is 0.537. The van der Waals surface area contributed by atoms with E-state index in [1.165, 1.54) is 32.4 Å². The van der Waals surface area contributed by atoms with Crippen molar-refractivity contribution >= 4 is 0 Å². The van der Waals surface area contributed by atoms with Gasteiger partial charge in [-0.1, -0.05) is 20.8 Å². The summed E-state index contributed by atoms with van der Waals surface area (Å²) in [6.45, 7) is 9.88. The molecule has 82 valence electrons. The van der Waals surface area contributed by atoms with Gasteiger partial charge in [0.15, 0.2) is 0 Å². The number of likely N-dealkylation sites (tertiary alicyclic amines) is 1. The van der Waals surface area contributed by atoms with Crippen LogP contribution in [0, 0.1) is 23.2 Å². The summed E-state index contributed by atoms with van der Waals surface area (Å²) in [4.78, 5) is 2.52. The first-order chi connectivity index (χ1) is 6.44. The average Bonchev–Trinajstić information content (AvgIpc) is 2.39. The molecule has 1 aliphatic heterocycles. The van der Waals surface area contributed by atoms with Gasteiger partial charge in [-0.15, -0.1) is 0 Å². The molecule has 1 saturated carbocycles. The van der Waals surface area contributed by atoms with E-state index in [-0.39, 0.29) is 0 Å². The SMILES string of the molecule is CN1CC2CC(CC(C)(C)C)CC2C1. The van der Waals surface area contributed by atoms with Crippen LogP contribution in [0.3, 0.4) is 0 Å². The van der Waals surface area contributed by atoms with Gasteiger partial charge in [0.1, 0.15) is 0 Å². The highest BCUT2D eigenvalue weighted by Crippen LogP contribution is 2.45. The largest absolute Gasteiger partial charge is 0.306 e. The van der Waals surface area contributed by atoms with Crippen LogP contribution in [0.15, 0.2) is 0 Å². The van der Waals surface area contributed by atoms with E-state index in [2.05, 4.69) is 32.7 Å². The lowest BCUT2D eigenvalue weighted by molar-refractivity contribution is 0.271. The van der Waals surface area contributed by atoms with Gasteiger partial charge in [-0.3, -0.25) is 0 Å². The first kappa shape index (κ1) is 10.5. The van der Waals surface area contributed by atoms with Gasteiger partial charge in [-0.05, 0) is 49.5 Å². The summed E-state index contributed by atoms with van der Waals surface area (Å²) in [5, 5.41) is 0. The Bertz CT molecular complexity index is 190. The molecule has 0 aromatic heterocycles. The van der Waals surface area contributed by atoms with Gasteiger partial charge in [0.2, 0.25) is 0 Å². The van der Waals surface area contributed by atoms with Crippen LogP contribution < -0.4 is 0 Å². The molecule has 1 aliphatic carbocycles. The maximum Gasteiger partial charge on any atom is 0.000996 e. The monoisotopic (exact) mass is 195 g/mol. The molecule has 0 aromatic rings. The Morgan fingerprint density at radius 2 is 1.57 bits per heavy atom. The molecule has 2 rings (SSSR count). The predicted octanol–water partition coefficient (Wildman–Crippen LogP) is 3.01. The van der Waals surface area contributed by atoms with E-state index >= 15 is 0 Å². The molecule has 2 atom stereocenters. The summed E-state index contributed by atoms with van der Waals surface area (Å²) in [5.41, 5.74) is 0.537. The molecule has 0 aromatic carbocycles. The maximum atomic E-state index is 2.52. The summed E-state index contributed by atoms with van der Waals surface area (Å²) >= 11 is 0. The van der Waals surface area contributed by atoms with E-state index in [9.17, 15) is 0 Å². The normalized spacial score (nSPS) is 39.0. The summed E-state index contributed by atoms with van der Waals surface area (Å²) < 4.78 is 0. The van der Waals surface area contributed by atoms with Crippen LogP contribution in [0.1, 0.15) is 40.0 Å². The third-order valence-corrected chi connectivity index (χ3v) is 3.93. The van der Waals surface area contributed by atoms with Crippen molar-refractivity contribution in [3.8, 4) is 0 Å². The molecule has 2 unspecified atom stereocenters. The molecule has 0 spiro atoms. The van der Waals surface area contributed by atoms with Crippen LogP contribution in [-0.2, 0) is 0 Å². The average molecular weight is 195 g/mol. The molecule has 0 bridgehead atoms.